The van der Waals surface area contributed by atoms with E-state index in [1.165, 1.54) is 0 Å². The zero-order chi connectivity index (χ0) is 21.5. The summed E-state index contributed by atoms with van der Waals surface area (Å²) in [5, 5.41) is 24.2. The van der Waals surface area contributed by atoms with Crippen molar-refractivity contribution in [3.63, 3.8) is 0 Å². The van der Waals surface area contributed by atoms with Crippen LogP contribution in [0, 0.1) is 0 Å². The number of aliphatic hydroxyl groups excluding tert-OH is 1. The number of ether oxygens (including phenoxy) is 1. The number of anilines is 1. The zero-order valence-corrected chi connectivity index (χ0v) is 17.3. The lowest BCUT2D eigenvalue weighted by Crippen LogP contribution is -2.15. The van der Waals surface area contributed by atoms with Gasteiger partial charge in [0.05, 0.1) is 24.3 Å². The van der Waals surface area contributed by atoms with Gasteiger partial charge in [0.15, 0.2) is 0 Å². The summed E-state index contributed by atoms with van der Waals surface area (Å²) in [6.45, 7) is 2.09. The predicted octanol–water partition coefficient (Wildman–Crippen LogP) is 5.50. The molecule has 2 unspecified atom stereocenters. The number of aliphatic hydroxyl groups is 1. The van der Waals surface area contributed by atoms with E-state index >= 15 is 0 Å². The minimum Gasteiger partial charge on any atom is -0.508 e. The van der Waals surface area contributed by atoms with Gasteiger partial charge in [0.1, 0.15) is 5.75 Å². The summed E-state index contributed by atoms with van der Waals surface area (Å²) < 4.78 is 5.02. The fraction of sp³-hybridized carbons (Fsp3) is 0.208. The quantitative estimate of drug-likeness (QED) is 0.415. The Morgan fingerprint density at radius 2 is 1.73 bits per heavy atom. The van der Waals surface area contributed by atoms with Crippen molar-refractivity contribution in [2.45, 2.75) is 25.5 Å². The van der Waals surface area contributed by atoms with E-state index in [4.69, 9.17) is 16.3 Å². The van der Waals surface area contributed by atoms with Crippen LogP contribution in [-0.4, -0.2) is 22.8 Å². The van der Waals surface area contributed by atoms with Crippen molar-refractivity contribution in [1.82, 2.24) is 0 Å². The van der Waals surface area contributed by atoms with Crippen LogP contribution >= 0.6 is 11.6 Å². The second-order valence-electron chi connectivity index (χ2n) is 6.89. The highest BCUT2D eigenvalue weighted by molar-refractivity contribution is 6.30. The number of carbonyl (C=O) groups is 1. The Bertz CT molecular complexity index is 973. The number of carbonyl (C=O) groups excluding carboxylic acids is 1. The first-order valence-electron chi connectivity index (χ1n) is 9.72. The molecule has 0 aromatic heterocycles. The van der Waals surface area contributed by atoms with Crippen molar-refractivity contribution in [3.05, 3.63) is 94.5 Å². The number of phenols is 1. The molecule has 0 aliphatic heterocycles. The number of halogens is 1. The van der Waals surface area contributed by atoms with Gasteiger partial charge in [-0.1, -0.05) is 35.9 Å². The molecule has 6 heteroatoms. The Hall–Kier alpha value is -3.02. The third-order valence-electron chi connectivity index (χ3n) is 4.72. The van der Waals surface area contributed by atoms with Gasteiger partial charge in [0, 0.05) is 17.1 Å². The SMILES string of the molecule is CCOC(=O)c1ccc(NC(CC(O)c2ccc(O)cc2)c2cccc(Cl)c2)cc1. The summed E-state index contributed by atoms with van der Waals surface area (Å²) in [6.07, 6.45) is -0.369. The van der Waals surface area contributed by atoms with Crippen LogP contribution in [0.4, 0.5) is 5.69 Å². The number of hydrogen-bond donors (Lipinski definition) is 3. The second kappa shape index (κ2) is 10.1. The third kappa shape index (κ3) is 5.75. The minimum atomic E-state index is -0.749. The van der Waals surface area contributed by atoms with Gasteiger partial charge in [-0.2, -0.15) is 0 Å². The molecular weight excluding hydrogens is 402 g/mol. The molecule has 0 aliphatic carbocycles. The second-order valence-corrected chi connectivity index (χ2v) is 7.33. The number of benzene rings is 3. The van der Waals surface area contributed by atoms with Crippen molar-refractivity contribution < 1.29 is 19.7 Å². The van der Waals surface area contributed by atoms with E-state index < -0.39 is 6.10 Å². The van der Waals surface area contributed by atoms with Gasteiger partial charge < -0.3 is 20.3 Å². The van der Waals surface area contributed by atoms with Crippen LogP contribution in [0.1, 0.15) is 47.0 Å². The Balaban J connectivity index is 1.81. The Morgan fingerprint density at radius 3 is 2.37 bits per heavy atom. The van der Waals surface area contributed by atoms with Gasteiger partial charge in [-0.15, -0.1) is 0 Å². The van der Waals surface area contributed by atoms with Crippen LogP contribution in [0.5, 0.6) is 5.75 Å². The molecule has 156 valence electrons. The molecule has 3 N–H and O–H groups in total. The first-order valence-corrected chi connectivity index (χ1v) is 10.1. The largest absolute Gasteiger partial charge is 0.508 e. The molecule has 0 radical (unpaired) electrons. The van der Waals surface area contributed by atoms with Gasteiger partial charge in [-0.05, 0) is 66.6 Å². The number of aromatic hydroxyl groups is 1. The number of phenolic OH excluding ortho intramolecular Hbond substituents is 1. The summed E-state index contributed by atoms with van der Waals surface area (Å²) in [5.41, 5.74) is 2.91. The molecule has 0 heterocycles. The minimum absolute atomic E-state index is 0.150. The maximum Gasteiger partial charge on any atom is 0.338 e. The zero-order valence-electron chi connectivity index (χ0n) is 16.6. The Labute approximate surface area is 180 Å². The van der Waals surface area contributed by atoms with Crippen LogP contribution < -0.4 is 5.32 Å². The fourth-order valence-corrected chi connectivity index (χ4v) is 3.37. The van der Waals surface area contributed by atoms with E-state index in [9.17, 15) is 15.0 Å². The molecule has 0 saturated heterocycles. The molecule has 5 nitrogen and oxygen atoms in total. The van der Waals surface area contributed by atoms with Gasteiger partial charge in [-0.25, -0.2) is 4.79 Å². The average molecular weight is 426 g/mol. The van der Waals surface area contributed by atoms with Gasteiger partial charge in [0.2, 0.25) is 0 Å². The molecule has 3 rings (SSSR count). The van der Waals surface area contributed by atoms with Gasteiger partial charge in [-0.3, -0.25) is 0 Å². The van der Waals surface area contributed by atoms with Crippen LogP contribution in [0.3, 0.4) is 0 Å². The number of rotatable bonds is 8. The highest BCUT2D eigenvalue weighted by atomic mass is 35.5. The molecule has 0 aliphatic rings. The molecule has 30 heavy (non-hydrogen) atoms. The molecule has 0 fully saturated rings. The lowest BCUT2D eigenvalue weighted by molar-refractivity contribution is 0.0526. The van der Waals surface area contributed by atoms with Crippen LogP contribution in [0.25, 0.3) is 0 Å². The topological polar surface area (TPSA) is 78.8 Å². The van der Waals surface area contributed by atoms with E-state index in [-0.39, 0.29) is 17.8 Å². The van der Waals surface area contributed by atoms with E-state index in [2.05, 4.69) is 5.32 Å². The lowest BCUT2D eigenvalue weighted by Gasteiger charge is -2.24. The smallest absolute Gasteiger partial charge is 0.338 e. The van der Waals surface area contributed by atoms with Gasteiger partial charge >= 0.3 is 5.97 Å². The monoisotopic (exact) mass is 425 g/mol. The van der Waals surface area contributed by atoms with Crippen molar-refractivity contribution >= 4 is 23.3 Å². The summed E-state index contributed by atoms with van der Waals surface area (Å²) in [6, 6.07) is 20.7. The van der Waals surface area contributed by atoms with E-state index in [0.717, 1.165) is 11.3 Å². The van der Waals surface area contributed by atoms with Crippen molar-refractivity contribution in [3.8, 4) is 5.75 Å². The first-order chi connectivity index (χ1) is 14.5. The summed E-state index contributed by atoms with van der Waals surface area (Å²) in [7, 11) is 0. The third-order valence-corrected chi connectivity index (χ3v) is 4.96. The number of hydrogen-bond acceptors (Lipinski definition) is 5. The van der Waals surface area contributed by atoms with Crippen molar-refractivity contribution in [1.29, 1.82) is 0 Å². The average Bonchev–Trinajstić information content (AvgIpc) is 2.74. The predicted molar refractivity (Wildman–Crippen MR) is 118 cm³/mol. The number of esters is 1. The van der Waals surface area contributed by atoms with Gasteiger partial charge in [0.25, 0.3) is 0 Å². The molecule has 0 spiro atoms. The fourth-order valence-electron chi connectivity index (χ4n) is 3.18. The maximum atomic E-state index is 11.9. The molecule has 3 aromatic carbocycles. The molecule has 0 amide bonds. The van der Waals surface area contributed by atoms with Crippen LogP contribution in [0.15, 0.2) is 72.8 Å². The van der Waals surface area contributed by atoms with Crippen LogP contribution in [-0.2, 0) is 4.74 Å². The standard InChI is InChI=1S/C24H24ClNO4/c1-2-30-24(29)17-6-10-20(11-7-17)26-22(18-4-3-5-19(25)14-18)15-23(28)16-8-12-21(27)13-9-16/h3-14,22-23,26-28H,2,15H2,1H3. The van der Waals surface area contributed by atoms with E-state index in [0.29, 0.717) is 29.2 Å². The Kier molecular flexibility index (Phi) is 7.33. The number of nitrogens with one attached hydrogen (secondary N) is 1. The highest BCUT2D eigenvalue weighted by Gasteiger charge is 2.19. The first kappa shape index (κ1) is 21.7. The summed E-state index contributed by atoms with van der Waals surface area (Å²) >= 11 is 6.18. The Morgan fingerprint density at radius 1 is 1.03 bits per heavy atom. The molecule has 3 aromatic rings. The molecule has 0 saturated carbocycles. The van der Waals surface area contributed by atoms with E-state index in [1.807, 2.05) is 18.2 Å². The van der Waals surface area contributed by atoms with Crippen molar-refractivity contribution in [2.24, 2.45) is 0 Å². The van der Waals surface area contributed by atoms with E-state index in [1.54, 1.807) is 61.5 Å². The van der Waals surface area contributed by atoms with Crippen molar-refractivity contribution in [2.75, 3.05) is 11.9 Å². The maximum absolute atomic E-state index is 11.9. The lowest BCUT2D eigenvalue weighted by atomic mass is 9.96. The summed E-state index contributed by atoms with van der Waals surface area (Å²) in [4.78, 5) is 11.9. The molecular formula is C24H24ClNO4. The molecule has 2 atom stereocenters. The van der Waals surface area contributed by atoms with Crippen LogP contribution in [0.2, 0.25) is 5.02 Å². The normalized spacial score (nSPS) is 12.8. The highest BCUT2D eigenvalue weighted by Crippen LogP contribution is 2.31. The molecule has 0 bridgehead atoms. The summed E-state index contributed by atoms with van der Waals surface area (Å²) in [5.74, 6) is -0.213.